The van der Waals surface area contributed by atoms with E-state index in [4.69, 9.17) is 5.11 Å². The highest BCUT2D eigenvalue weighted by Gasteiger charge is 2.19. The summed E-state index contributed by atoms with van der Waals surface area (Å²) < 4.78 is 0. The van der Waals surface area contributed by atoms with E-state index in [1.807, 2.05) is 6.08 Å². The maximum atomic E-state index is 10.8. The molecule has 0 aromatic carbocycles. The molecule has 0 aliphatic heterocycles. The van der Waals surface area contributed by atoms with Crippen LogP contribution in [0.2, 0.25) is 0 Å². The van der Waals surface area contributed by atoms with Crippen molar-refractivity contribution in [3.63, 3.8) is 0 Å². The van der Waals surface area contributed by atoms with Crippen molar-refractivity contribution in [2.24, 2.45) is 5.92 Å². The zero-order valence-corrected chi connectivity index (χ0v) is 8.70. The van der Waals surface area contributed by atoms with Crippen molar-refractivity contribution in [3.05, 3.63) is 12.2 Å². The van der Waals surface area contributed by atoms with E-state index >= 15 is 0 Å². The third-order valence-electron chi connectivity index (χ3n) is 2.69. The first-order valence-electron chi connectivity index (χ1n) is 5.27. The minimum Gasteiger partial charge on any atom is -0.392 e. The lowest BCUT2D eigenvalue weighted by Gasteiger charge is -2.27. The Kier molecular flexibility index (Phi) is 4.66. The Bertz CT molecular complexity index is 205. The van der Waals surface area contributed by atoms with Crippen LogP contribution in [0.25, 0.3) is 0 Å². The number of aliphatic hydroxyl groups excluding tert-OH is 1. The van der Waals surface area contributed by atoms with Gasteiger partial charge >= 0.3 is 0 Å². The molecule has 0 aromatic rings. The van der Waals surface area contributed by atoms with Gasteiger partial charge in [-0.15, -0.1) is 0 Å². The first-order chi connectivity index (χ1) is 6.72. The summed E-state index contributed by atoms with van der Waals surface area (Å²) in [5, 5.41) is 11.6. The molecule has 0 spiro atoms. The SMILES string of the molecule is CC(=O)NC1CCC(/C=C/CO)CC1. The highest BCUT2D eigenvalue weighted by atomic mass is 16.2. The van der Waals surface area contributed by atoms with Crippen LogP contribution in [0.1, 0.15) is 32.6 Å². The maximum Gasteiger partial charge on any atom is 0.217 e. The normalized spacial score (nSPS) is 27.9. The van der Waals surface area contributed by atoms with Gasteiger partial charge in [-0.1, -0.05) is 12.2 Å². The molecule has 1 saturated carbocycles. The molecule has 1 amide bonds. The molecule has 1 aliphatic carbocycles. The van der Waals surface area contributed by atoms with Gasteiger partial charge in [0.1, 0.15) is 0 Å². The molecule has 0 heterocycles. The average molecular weight is 197 g/mol. The molecule has 14 heavy (non-hydrogen) atoms. The van der Waals surface area contributed by atoms with Crippen LogP contribution in [0, 0.1) is 5.92 Å². The Balaban J connectivity index is 2.24. The van der Waals surface area contributed by atoms with Crippen LogP contribution in [0.15, 0.2) is 12.2 Å². The van der Waals surface area contributed by atoms with Crippen LogP contribution in [0.3, 0.4) is 0 Å². The predicted octanol–water partition coefficient (Wildman–Crippen LogP) is 1.23. The number of carbonyl (C=O) groups excluding carboxylic acids is 1. The molecule has 1 aliphatic rings. The van der Waals surface area contributed by atoms with Crippen molar-refractivity contribution < 1.29 is 9.90 Å². The van der Waals surface area contributed by atoms with E-state index in [0.29, 0.717) is 12.0 Å². The first kappa shape index (κ1) is 11.2. The molecule has 3 heteroatoms. The summed E-state index contributed by atoms with van der Waals surface area (Å²) in [5.74, 6) is 0.659. The number of hydrogen-bond donors (Lipinski definition) is 2. The third kappa shape index (κ3) is 3.92. The zero-order valence-electron chi connectivity index (χ0n) is 8.70. The van der Waals surface area contributed by atoms with E-state index < -0.39 is 0 Å². The lowest BCUT2D eigenvalue weighted by atomic mass is 9.86. The van der Waals surface area contributed by atoms with Gasteiger partial charge in [0.2, 0.25) is 5.91 Å². The molecule has 3 nitrogen and oxygen atoms in total. The molecule has 0 unspecified atom stereocenters. The predicted molar refractivity (Wildman–Crippen MR) is 55.8 cm³/mol. The summed E-state index contributed by atoms with van der Waals surface area (Å²) >= 11 is 0. The second-order valence-electron chi connectivity index (χ2n) is 3.92. The summed E-state index contributed by atoms with van der Waals surface area (Å²) in [5.41, 5.74) is 0. The van der Waals surface area contributed by atoms with Crippen molar-refractivity contribution in [3.8, 4) is 0 Å². The van der Waals surface area contributed by atoms with Gasteiger partial charge < -0.3 is 10.4 Å². The fourth-order valence-corrected chi connectivity index (χ4v) is 2.00. The highest BCUT2D eigenvalue weighted by molar-refractivity contribution is 5.73. The highest BCUT2D eigenvalue weighted by Crippen LogP contribution is 2.25. The third-order valence-corrected chi connectivity index (χ3v) is 2.69. The standard InChI is InChI=1S/C11H19NO2/c1-9(14)12-11-6-4-10(5-7-11)3-2-8-13/h2-3,10-11,13H,4-8H2,1H3,(H,12,14)/b3-2+. The minimum absolute atomic E-state index is 0.0688. The molecule has 0 radical (unpaired) electrons. The van der Waals surface area contributed by atoms with Gasteiger partial charge in [-0.3, -0.25) is 4.79 Å². The first-order valence-corrected chi connectivity index (χ1v) is 5.27. The molecule has 0 aromatic heterocycles. The summed E-state index contributed by atoms with van der Waals surface area (Å²) in [4.78, 5) is 10.8. The van der Waals surface area contributed by atoms with E-state index in [2.05, 4.69) is 11.4 Å². The molecule has 0 atom stereocenters. The molecule has 0 bridgehead atoms. The van der Waals surface area contributed by atoms with Crippen LogP contribution in [0.4, 0.5) is 0 Å². The van der Waals surface area contributed by atoms with Crippen LogP contribution < -0.4 is 5.32 Å². The summed E-state index contributed by atoms with van der Waals surface area (Å²) in [6.45, 7) is 1.70. The van der Waals surface area contributed by atoms with E-state index in [1.54, 1.807) is 6.92 Å². The lowest BCUT2D eigenvalue weighted by Crippen LogP contribution is -2.35. The Morgan fingerprint density at radius 1 is 1.43 bits per heavy atom. The van der Waals surface area contributed by atoms with Crippen LogP contribution >= 0.6 is 0 Å². The Labute approximate surface area is 85.2 Å². The number of hydrogen-bond acceptors (Lipinski definition) is 2. The quantitative estimate of drug-likeness (QED) is 0.668. The maximum absolute atomic E-state index is 10.8. The number of carbonyl (C=O) groups is 1. The minimum atomic E-state index is 0.0688. The van der Waals surface area contributed by atoms with Crippen molar-refractivity contribution in [2.75, 3.05) is 6.61 Å². The van der Waals surface area contributed by atoms with E-state index in [-0.39, 0.29) is 12.5 Å². The van der Waals surface area contributed by atoms with Gasteiger partial charge in [0.15, 0.2) is 0 Å². The molecular weight excluding hydrogens is 178 g/mol. The second kappa shape index (κ2) is 5.81. The Hall–Kier alpha value is -0.830. The number of nitrogens with one attached hydrogen (secondary N) is 1. The van der Waals surface area contributed by atoms with Crippen molar-refractivity contribution >= 4 is 5.91 Å². The number of allylic oxidation sites excluding steroid dienone is 1. The van der Waals surface area contributed by atoms with Gasteiger partial charge in [0, 0.05) is 13.0 Å². The number of aliphatic hydroxyl groups is 1. The van der Waals surface area contributed by atoms with Crippen LogP contribution in [-0.4, -0.2) is 23.7 Å². The molecule has 1 fully saturated rings. The smallest absolute Gasteiger partial charge is 0.217 e. The van der Waals surface area contributed by atoms with Crippen molar-refractivity contribution in [1.29, 1.82) is 0 Å². The number of rotatable bonds is 3. The largest absolute Gasteiger partial charge is 0.392 e. The fraction of sp³-hybridized carbons (Fsp3) is 0.727. The van der Waals surface area contributed by atoms with Gasteiger partial charge in [-0.2, -0.15) is 0 Å². The lowest BCUT2D eigenvalue weighted by molar-refractivity contribution is -0.119. The monoisotopic (exact) mass is 197 g/mol. The Morgan fingerprint density at radius 2 is 2.07 bits per heavy atom. The summed E-state index contributed by atoms with van der Waals surface area (Å²) in [6.07, 6.45) is 8.23. The van der Waals surface area contributed by atoms with Crippen molar-refractivity contribution in [1.82, 2.24) is 5.32 Å². The van der Waals surface area contributed by atoms with E-state index in [9.17, 15) is 4.79 Å². The average Bonchev–Trinajstić information content (AvgIpc) is 2.16. The van der Waals surface area contributed by atoms with E-state index in [0.717, 1.165) is 25.7 Å². The molecule has 80 valence electrons. The zero-order chi connectivity index (χ0) is 10.4. The van der Waals surface area contributed by atoms with Gasteiger partial charge in [0.25, 0.3) is 0 Å². The van der Waals surface area contributed by atoms with Gasteiger partial charge in [-0.25, -0.2) is 0 Å². The molecule has 1 rings (SSSR count). The number of amides is 1. The topological polar surface area (TPSA) is 49.3 Å². The van der Waals surface area contributed by atoms with E-state index in [1.165, 1.54) is 0 Å². The Morgan fingerprint density at radius 3 is 2.57 bits per heavy atom. The summed E-state index contributed by atoms with van der Waals surface area (Å²) in [6, 6.07) is 0.367. The molecule has 0 saturated heterocycles. The van der Waals surface area contributed by atoms with Crippen molar-refractivity contribution in [2.45, 2.75) is 38.6 Å². The molecule has 2 N–H and O–H groups in total. The van der Waals surface area contributed by atoms with Gasteiger partial charge in [-0.05, 0) is 31.6 Å². The molecular formula is C11H19NO2. The summed E-state index contributed by atoms with van der Waals surface area (Å²) in [7, 11) is 0. The second-order valence-corrected chi connectivity index (χ2v) is 3.92. The van der Waals surface area contributed by atoms with Gasteiger partial charge in [0.05, 0.1) is 6.61 Å². The van der Waals surface area contributed by atoms with Crippen LogP contribution in [0.5, 0.6) is 0 Å². The fourth-order valence-electron chi connectivity index (χ4n) is 2.00. The van der Waals surface area contributed by atoms with Crippen LogP contribution in [-0.2, 0) is 4.79 Å².